The average Bonchev–Trinajstić information content (AvgIpc) is 3.37. The van der Waals surface area contributed by atoms with Crippen LogP contribution in [0.2, 0.25) is 0 Å². The molecule has 2 aromatic carbocycles. The van der Waals surface area contributed by atoms with Gasteiger partial charge in [-0.1, -0.05) is 48.6 Å². The molecule has 0 radical (unpaired) electrons. The molecule has 7 nitrogen and oxygen atoms in total. The maximum absolute atomic E-state index is 13.0. The van der Waals surface area contributed by atoms with Gasteiger partial charge in [-0.25, -0.2) is 4.39 Å². The lowest BCUT2D eigenvalue weighted by Crippen LogP contribution is -2.46. The number of benzene rings is 2. The first-order valence-corrected chi connectivity index (χ1v) is 12.8. The van der Waals surface area contributed by atoms with Crippen LogP contribution in [0.1, 0.15) is 56.9 Å². The fourth-order valence-corrected chi connectivity index (χ4v) is 5.10. The van der Waals surface area contributed by atoms with Crippen LogP contribution in [0.25, 0.3) is 0 Å². The van der Waals surface area contributed by atoms with Gasteiger partial charge in [0.15, 0.2) is 0 Å². The normalized spacial score (nSPS) is 14.3. The first kappa shape index (κ1) is 24.9. The Bertz CT molecular complexity index is 1110. The molecule has 1 saturated heterocycles. The van der Waals surface area contributed by atoms with E-state index in [-0.39, 0.29) is 17.6 Å². The number of hydrogen-bond donors (Lipinski definition) is 1. The van der Waals surface area contributed by atoms with Gasteiger partial charge in [-0.05, 0) is 55.6 Å². The molecule has 0 bridgehead atoms. The molecule has 0 atom stereocenters. The van der Waals surface area contributed by atoms with Gasteiger partial charge in [-0.2, -0.15) is 0 Å². The molecular weight excluding hydrogens is 465 g/mol. The van der Waals surface area contributed by atoms with E-state index in [2.05, 4.69) is 27.3 Å². The Morgan fingerprint density at radius 3 is 2.49 bits per heavy atom. The topological polar surface area (TPSA) is 78.4 Å². The molecule has 0 unspecified atom stereocenters. The van der Waals surface area contributed by atoms with Gasteiger partial charge in [0.25, 0.3) is 11.8 Å². The van der Waals surface area contributed by atoms with Crippen LogP contribution in [0.3, 0.4) is 0 Å². The minimum atomic E-state index is -0.307. The van der Waals surface area contributed by atoms with Crippen LogP contribution < -0.4 is 5.32 Å². The van der Waals surface area contributed by atoms with Gasteiger partial charge >= 0.3 is 0 Å². The Hall–Kier alpha value is -3.17. The summed E-state index contributed by atoms with van der Waals surface area (Å²) >= 11 is 1.30. The zero-order chi connectivity index (χ0) is 24.6. The van der Waals surface area contributed by atoms with Crippen molar-refractivity contribution in [2.45, 2.75) is 45.3 Å². The smallest absolute Gasteiger partial charge is 0.282 e. The van der Waals surface area contributed by atoms with Crippen molar-refractivity contribution >= 4 is 23.2 Å². The molecule has 1 aromatic heterocycles. The lowest BCUT2D eigenvalue weighted by atomic mass is 10.0. The fourth-order valence-electron chi connectivity index (χ4n) is 4.32. The van der Waals surface area contributed by atoms with Crippen LogP contribution in [-0.4, -0.2) is 57.5 Å². The number of hydrogen-bond acceptors (Lipinski definition) is 6. The molecule has 3 aromatic rings. The number of piperidine rings is 1. The van der Waals surface area contributed by atoms with E-state index in [0.29, 0.717) is 24.1 Å². The maximum atomic E-state index is 13.0. The number of amides is 2. The molecule has 184 valence electrons. The fraction of sp³-hybridized carbons (Fsp3) is 0.385. The van der Waals surface area contributed by atoms with Gasteiger partial charge < -0.3 is 10.2 Å². The van der Waals surface area contributed by atoms with Crippen LogP contribution >= 0.6 is 11.3 Å². The summed E-state index contributed by atoms with van der Waals surface area (Å²) < 4.78 is 13.0. The van der Waals surface area contributed by atoms with Crippen molar-refractivity contribution in [2.75, 3.05) is 19.6 Å². The Morgan fingerprint density at radius 1 is 1.09 bits per heavy atom. The second kappa shape index (κ2) is 12.0. The highest BCUT2D eigenvalue weighted by Crippen LogP contribution is 2.22. The molecule has 1 N–H and O–H groups in total. The van der Waals surface area contributed by atoms with E-state index in [9.17, 15) is 14.0 Å². The van der Waals surface area contributed by atoms with Crippen molar-refractivity contribution in [3.8, 4) is 0 Å². The molecule has 35 heavy (non-hydrogen) atoms. The monoisotopic (exact) mass is 495 g/mol. The van der Waals surface area contributed by atoms with Crippen LogP contribution in [0, 0.1) is 5.82 Å². The molecule has 2 amide bonds. The number of nitrogens with one attached hydrogen (secondary N) is 1. The van der Waals surface area contributed by atoms with Crippen molar-refractivity contribution < 1.29 is 14.0 Å². The molecule has 1 aliphatic rings. The maximum Gasteiger partial charge on any atom is 0.282 e. The predicted molar refractivity (Wildman–Crippen MR) is 134 cm³/mol. The van der Waals surface area contributed by atoms with Crippen LogP contribution in [0.4, 0.5) is 4.39 Å². The summed E-state index contributed by atoms with van der Waals surface area (Å²) in [4.78, 5) is 29.6. The number of aromatic nitrogens is 2. The molecule has 2 heterocycles. The summed E-state index contributed by atoms with van der Waals surface area (Å²) in [5, 5.41) is 12.3. The van der Waals surface area contributed by atoms with Gasteiger partial charge in [0.1, 0.15) is 10.8 Å². The van der Waals surface area contributed by atoms with Crippen molar-refractivity contribution in [1.29, 1.82) is 0 Å². The lowest BCUT2D eigenvalue weighted by molar-refractivity contribution is 0.0606. The second-order valence-corrected chi connectivity index (χ2v) is 9.73. The average molecular weight is 496 g/mol. The molecular formula is C26H30FN5O2S. The molecule has 0 aliphatic carbocycles. The highest BCUT2D eigenvalue weighted by atomic mass is 32.1. The highest BCUT2D eigenvalue weighted by Gasteiger charge is 2.28. The quantitative estimate of drug-likeness (QED) is 0.483. The molecule has 9 heteroatoms. The van der Waals surface area contributed by atoms with Crippen LogP contribution in [-0.2, 0) is 13.1 Å². The summed E-state index contributed by atoms with van der Waals surface area (Å²) in [5.74, 6) is -0.502. The highest BCUT2D eigenvalue weighted by molar-refractivity contribution is 7.13. The van der Waals surface area contributed by atoms with Crippen LogP contribution in [0.15, 0.2) is 54.6 Å². The summed E-state index contributed by atoms with van der Waals surface area (Å²) in [6, 6.07) is 15.8. The van der Waals surface area contributed by atoms with Gasteiger partial charge in [0.2, 0.25) is 5.01 Å². The molecule has 4 rings (SSSR count). The van der Waals surface area contributed by atoms with E-state index < -0.39 is 0 Å². The Balaban J connectivity index is 1.30. The summed E-state index contributed by atoms with van der Waals surface area (Å²) in [6.45, 7) is 5.46. The molecule has 0 saturated carbocycles. The minimum absolute atomic E-state index is 0.0894. The summed E-state index contributed by atoms with van der Waals surface area (Å²) in [5.41, 5.74) is 1.55. The lowest BCUT2D eigenvalue weighted by Gasteiger charge is -2.38. The first-order valence-electron chi connectivity index (χ1n) is 12.0. The standard InChI is InChI=1S/C26H30FN5O2S/c1-2-14-32(22-12-15-31(16-13-22)26(34)20-6-4-3-5-7-20)18-23-29-30-25(35-23)24(33)28-17-19-8-10-21(27)11-9-19/h3-11,22H,2,12-18H2,1H3,(H,28,33). The number of likely N-dealkylation sites (tertiary alicyclic amines) is 1. The minimum Gasteiger partial charge on any atom is -0.346 e. The number of carbonyl (C=O) groups is 2. The van der Waals surface area contributed by atoms with E-state index in [1.165, 1.54) is 23.5 Å². The van der Waals surface area contributed by atoms with E-state index in [4.69, 9.17) is 0 Å². The third kappa shape index (κ3) is 6.70. The SMILES string of the molecule is CCCN(Cc1nnc(C(=O)NCc2ccc(F)cc2)s1)C1CCN(C(=O)c2ccccc2)CC1. The third-order valence-corrected chi connectivity index (χ3v) is 7.07. The van der Waals surface area contributed by atoms with Crippen molar-refractivity contribution in [3.05, 3.63) is 81.6 Å². The van der Waals surface area contributed by atoms with Gasteiger partial charge in [-0.15, -0.1) is 10.2 Å². The number of nitrogens with zero attached hydrogens (tertiary/aromatic N) is 4. The van der Waals surface area contributed by atoms with Gasteiger partial charge in [-0.3, -0.25) is 14.5 Å². The largest absolute Gasteiger partial charge is 0.346 e. The Kier molecular flexibility index (Phi) is 8.54. The first-order chi connectivity index (χ1) is 17.0. The number of rotatable bonds is 9. The van der Waals surface area contributed by atoms with Gasteiger partial charge in [0.05, 0.1) is 6.54 Å². The van der Waals surface area contributed by atoms with E-state index >= 15 is 0 Å². The molecule has 1 aliphatic heterocycles. The summed E-state index contributed by atoms with van der Waals surface area (Å²) in [7, 11) is 0. The van der Waals surface area contributed by atoms with Crippen LogP contribution in [0.5, 0.6) is 0 Å². The van der Waals surface area contributed by atoms with E-state index in [1.54, 1.807) is 12.1 Å². The number of carbonyl (C=O) groups excluding carboxylic acids is 2. The second-order valence-electron chi connectivity index (χ2n) is 8.67. The van der Waals surface area contributed by atoms with Gasteiger partial charge in [0, 0.05) is 31.2 Å². The van der Waals surface area contributed by atoms with E-state index in [1.807, 2.05) is 35.2 Å². The van der Waals surface area contributed by atoms with E-state index in [0.717, 1.165) is 55.0 Å². The number of halogens is 1. The zero-order valence-corrected chi connectivity index (χ0v) is 20.6. The molecule has 1 fully saturated rings. The molecule has 0 spiro atoms. The van der Waals surface area contributed by atoms with Crippen molar-refractivity contribution in [1.82, 2.24) is 25.3 Å². The predicted octanol–water partition coefficient (Wildman–Crippen LogP) is 4.12. The zero-order valence-electron chi connectivity index (χ0n) is 19.8. The van der Waals surface area contributed by atoms with Crippen molar-refractivity contribution in [2.24, 2.45) is 0 Å². The Morgan fingerprint density at radius 2 is 1.80 bits per heavy atom. The summed E-state index contributed by atoms with van der Waals surface area (Å²) in [6.07, 6.45) is 2.82. The van der Waals surface area contributed by atoms with Crippen molar-refractivity contribution in [3.63, 3.8) is 0 Å². The Labute approximate surface area is 209 Å². The third-order valence-electron chi connectivity index (χ3n) is 6.17.